The largest absolute Gasteiger partial charge is 0.472 e. The van der Waals surface area contributed by atoms with Gasteiger partial charge in [0.1, 0.15) is 18.1 Å². The molecule has 3 aromatic heterocycles. The lowest BCUT2D eigenvalue weighted by atomic mass is 10.1. The van der Waals surface area contributed by atoms with Crippen molar-refractivity contribution in [3.8, 4) is 17.1 Å². The molecule has 3 aromatic rings. The van der Waals surface area contributed by atoms with Gasteiger partial charge in [-0.05, 0) is 45.9 Å². The number of hydrogen-bond acceptors (Lipinski definition) is 8. The minimum Gasteiger partial charge on any atom is -0.472 e. The van der Waals surface area contributed by atoms with Gasteiger partial charge in [0.15, 0.2) is 5.69 Å². The Morgan fingerprint density at radius 2 is 2.03 bits per heavy atom. The quantitative estimate of drug-likeness (QED) is 0.619. The van der Waals surface area contributed by atoms with Crippen LogP contribution in [0.3, 0.4) is 0 Å². The van der Waals surface area contributed by atoms with Crippen molar-refractivity contribution in [3.05, 3.63) is 53.2 Å². The molecule has 31 heavy (non-hydrogen) atoms. The van der Waals surface area contributed by atoms with E-state index in [0.29, 0.717) is 23.4 Å². The normalized spacial score (nSPS) is 14.5. The van der Waals surface area contributed by atoms with Crippen LogP contribution in [-0.4, -0.2) is 56.3 Å². The number of aromatic nitrogens is 4. The second-order valence-corrected chi connectivity index (χ2v) is 8.02. The first-order chi connectivity index (χ1) is 14.9. The first-order valence-corrected chi connectivity index (χ1v) is 10.3. The third-order valence-electron chi connectivity index (χ3n) is 5.38. The maximum atomic E-state index is 12.4. The van der Waals surface area contributed by atoms with Crippen LogP contribution in [0.1, 0.15) is 41.4 Å². The molecule has 0 bridgehead atoms. The van der Waals surface area contributed by atoms with Crippen molar-refractivity contribution < 1.29 is 14.1 Å². The number of nitrogens with zero attached hydrogens (tertiary/aromatic N) is 5. The molecule has 1 saturated heterocycles. The molecule has 4 heterocycles. The Morgan fingerprint density at radius 1 is 1.23 bits per heavy atom. The van der Waals surface area contributed by atoms with Gasteiger partial charge in [-0.25, -0.2) is 0 Å². The fourth-order valence-corrected chi connectivity index (χ4v) is 3.35. The second-order valence-electron chi connectivity index (χ2n) is 8.02. The lowest BCUT2D eigenvalue weighted by Crippen LogP contribution is -2.61. The van der Waals surface area contributed by atoms with E-state index in [4.69, 9.17) is 9.26 Å². The molecule has 0 radical (unpaired) electrons. The van der Waals surface area contributed by atoms with Gasteiger partial charge in [0.2, 0.25) is 5.88 Å². The fraction of sp³-hybridized carbons (Fsp3) is 0.409. The molecule has 9 nitrogen and oxygen atoms in total. The summed E-state index contributed by atoms with van der Waals surface area (Å²) in [6, 6.07) is 7.75. The minimum atomic E-state index is -0.225. The molecule has 9 heteroatoms. The van der Waals surface area contributed by atoms with Crippen LogP contribution < -0.4 is 10.1 Å². The molecule has 0 saturated carbocycles. The Kier molecular flexibility index (Phi) is 5.94. The molecule has 1 fully saturated rings. The molecule has 162 valence electrons. The minimum absolute atomic E-state index is 0.152. The van der Waals surface area contributed by atoms with E-state index < -0.39 is 0 Å². The predicted molar refractivity (Wildman–Crippen MR) is 114 cm³/mol. The number of likely N-dealkylation sites (tertiary alicyclic amines) is 1. The van der Waals surface area contributed by atoms with E-state index in [1.807, 2.05) is 26.0 Å². The maximum absolute atomic E-state index is 12.4. The van der Waals surface area contributed by atoms with Gasteiger partial charge in [0, 0.05) is 42.7 Å². The Bertz CT molecular complexity index is 1040. The Hall–Kier alpha value is -3.33. The zero-order chi connectivity index (χ0) is 22.0. The number of pyridine rings is 1. The van der Waals surface area contributed by atoms with Crippen LogP contribution in [0.2, 0.25) is 0 Å². The predicted octanol–water partition coefficient (Wildman–Crippen LogP) is 2.54. The van der Waals surface area contributed by atoms with Crippen LogP contribution in [0.5, 0.6) is 5.88 Å². The third-order valence-corrected chi connectivity index (χ3v) is 5.38. The van der Waals surface area contributed by atoms with Crippen LogP contribution in [0, 0.1) is 13.8 Å². The van der Waals surface area contributed by atoms with Crippen LogP contribution in [-0.2, 0) is 6.61 Å². The zero-order valence-electron chi connectivity index (χ0n) is 18.1. The second kappa shape index (κ2) is 8.81. The highest BCUT2D eigenvalue weighted by Gasteiger charge is 2.30. The molecule has 0 aromatic carbocycles. The lowest BCUT2D eigenvalue weighted by Gasteiger charge is -2.42. The third kappa shape index (κ3) is 4.72. The summed E-state index contributed by atoms with van der Waals surface area (Å²) < 4.78 is 11.1. The highest BCUT2D eigenvalue weighted by atomic mass is 16.5. The molecular weight excluding hydrogens is 396 g/mol. The number of amides is 1. The Balaban J connectivity index is 1.36. The highest BCUT2D eigenvalue weighted by Crippen LogP contribution is 2.26. The van der Waals surface area contributed by atoms with Crippen molar-refractivity contribution >= 4 is 5.91 Å². The van der Waals surface area contributed by atoms with Crippen molar-refractivity contribution in [2.24, 2.45) is 0 Å². The molecule has 0 atom stereocenters. The number of aryl methyl sites for hydroxylation is 2. The SMILES string of the molecule is Cc1ccc(-c2noc(C)c2COc2ccc(C(=O)NC3CN(C(C)C)C3)nn2)cn1. The summed E-state index contributed by atoms with van der Waals surface area (Å²) in [5.74, 6) is 0.756. The molecule has 1 N–H and O–H groups in total. The monoisotopic (exact) mass is 422 g/mol. The van der Waals surface area contributed by atoms with E-state index in [9.17, 15) is 4.79 Å². The number of ether oxygens (including phenoxy) is 1. The topological polar surface area (TPSA) is 106 Å². The summed E-state index contributed by atoms with van der Waals surface area (Å²) in [6.45, 7) is 9.97. The van der Waals surface area contributed by atoms with Crippen molar-refractivity contribution in [2.45, 2.75) is 46.4 Å². The van der Waals surface area contributed by atoms with E-state index >= 15 is 0 Å². The lowest BCUT2D eigenvalue weighted by molar-refractivity contribution is 0.0709. The number of carbonyl (C=O) groups excluding carboxylic acids is 1. The number of nitrogens with one attached hydrogen (secondary N) is 1. The van der Waals surface area contributed by atoms with Gasteiger partial charge in [0.25, 0.3) is 5.91 Å². The van der Waals surface area contributed by atoms with Gasteiger partial charge < -0.3 is 14.6 Å². The van der Waals surface area contributed by atoms with Crippen LogP contribution in [0.15, 0.2) is 35.0 Å². The van der Waals surface area contributed by atoms with E-state index in [1.54, 1.807) is 18.3 Å². The molecule has 0 spiro atoms. The maximum Gasteiger partial charge on any atom is 0.272 e. The summed E-state index contributed by atoms with van der Waals surface area (Å²) >= 11 is 0. The van der Waals surface area contributed by atoms with E-state index in [1.165, 1.54) is 0 Å². The van der Waals surface area contributed by atoms with Gasteiger partial charge in [-0.3, -0.25) is 14.7 Å². The fourth-order valence-electron chi connectivity index (χ4n) is 3.35. The first-order valence-electron chi connectivity index (χ1n) is 10.3. The average molecular weight is 422 g/mol. The average Bonchev–Trinajstić information content (AvgIpc) is 3.09. The molecule has 0 unspecified atom stereocenters. The summed E-state index contributed by atoms with van der Waals surface area (Å²) in [7, 11) is 0. The first kappa shape index (κ1) is 20.9. The molecule has 1 aliphatic rings. The van der Waals surface area contributed by atoms with E-state index in [0.717, 1.165) is 29.9 Å². The standard InChI is InChI=1S/C22H26N6O3/c1-13(2)28-10-17(11-28)24-22(29)19-7-8-20(26-25-19)30-12-18-15(4)31-27-21(18)16-6-5-14(3)23-9-16/h5-9,13,17H,10-12H2,1-4H3,(H,24,29). The van der Waals surface area contributed by atoms with Crippen molar-refractivity contribution in [1.82, 2.24) is 30.6 Å². The number of carbonyl (C=O) groups is 1. The summed E-state index contributed by atoms with van der Waals surface area (Å²) in [5.41, 5.74) is 3.55. The van der Waals surface area contributed by atoms with Gasteiger partial charge in [0.05, 0.1) is 11.6 Å². The van der Waals surface area contributed by atoms with Gasteiger partial charge >= 0.3 is 0 Å². The van der Waals surface area contributed by atoms with E-state index in [-0.39, 0.29) is 24.2 Å². The van der Waals surface area contributed by atoms with Gasteiger partial charge in [-0.2, -0.15) is 0 Å². The van der Waals surface area contributed by atoms with Gasteiger partial charge in [-0.1, -0.05) is 5.16 Å². The number of rotatable bonds is 7. The zero-order valence-corrected chi connectivity index (χ0v) is 18.1. The van der Waals surface area contributed by atoms with Crippen LogP contribution in [0.25, 0.3) is 11.3 Å². The van der Waals surface area contributed by atoms with E-state index in [2.05, 4.69) is 44.4 Å². The molecular formula is C22H26N6O3. The van der Waals surface area contributed by atoms with Crippen LogP contribution in [0.4, 0.5) is 0 Å². The molecule has 1 aliphatic heterocycles. The van der Waals surface area contributed by atoms with Crippen molar-refractivity contribution in [1.29, 1.82) is 0 Å². The smallest absolute Gasteiger partial charge is 0.272 e. The Morgan fingerprint density at radius 3 is 2.68 bits per heavy atom. The summed E-state index contributed by atoms with van der Waals surface area (Å²) in [4.78, 5) is 19.0. The van der Waals surface area contributed by atoms with Crippen molar-refractivity contribution in [2.75, 3.05) is 13.1 Å². The van der Waals surface area contributed by atoms with Gasteiger partial charge in [-0.15, -0.1) is 10.2 Å². The molecule has 4 rings (SSSR count). The molecule has 0 aliphatic carbocycles. The summed E-state index contributed by atoms with van der Waals surface area (Å²) in [6.07, 6.45) is 1.76. The molecule has 1 amide bonds. The van der Waals surface area contributed by atoms with Crippen LogP contribution >= 0.6 is 0 Å². The van der Waals surface area contributed by atoms with Crippen molar-refractivity contribution in [3.63, 3.8) is 0 Å². The highest BCUT2D eigenvalue weighted by molar-refractivity contribution is 5.92. The number of hydrogen-bond donors (Lipinski definition) is 1. The summed E-state index contributed by atoms with van der Waals surface area (Å²) in [5, 5.41) is 15.2. The Labute approximate surface area is 180 Å².